The number of amides is 2. The van der Waals surface area contributed by atoms with E-state index in [0.717, 1.165) is 51.6 Å². The lowest BCUT2D eigenvalue weighted by atomic mass is 9.81. The monoisotopic (exact) mass is 318 g/mol. The molecule has 0 atom stereocenters. The Hall–Kier alpha value is -1.91. The molecule has 1 aliphatic heterocycles. The first-order valence-corrected chi connectivity index (χ1v) is 8.49. The Labute approximate surface area is 136 Å². The Morgan fingerprint density at radius 1 is 0.957 bits per heavy atom. The summed E-state index contributed by atoms with van der Waals surface area (Å²) in [7, 11) is 0. The summed E-state index contributed by atoms with van der Waals surface area (Å²) in [5, 5.41) is 2.84. The van der Waals surface area contributed by atoms with Crippen molar-refractivity contribution in [2.24, 2.45) is 11.8 Å². The van der Waals surface area contributed by atoms with E-state index in [0.29, 0.717) is 5.69 Å². The maximum Gasteiger partial charge on any atom is 0.227 e. The van der Waals surface area contributed by atoms with E-state index < -0.39 is 0 Å². The van der Waals surface area contributed by atoms with Gasteiger partial charge >= 0.3 is 0 Å². The molecule has 1 heterocycles. The van der Waals surface area contributed by atoms with E-state index in [1.54, 1.807) is 12.1 Å². The second-order valence-corrected chi connectivity index (χ2v) is 6.58. The van der Waals surface area contributed by atoms with Crippen LogP contribution in [0.5, 0.6) is 0 Å². The number of hydrogen-bond donors (Lipinski definition) is 1. The first-order chi connectivity index (χ1) is 11.1. The predicted octanol–water partition coefficient (Wildman–Crippen LogP) is 3.19. The SMILES string of the molecule is O=C(Nc1ccc(F)cc1)C1CCC(C(=O)N2CCCC2)CC1. The van der Waals surface area contributed by atoms with E-state index in [1.165, 1.54) is 12.1 Å². The highest BCUT2D eigenvalue weighted by atomic mass is 19.1. The molecule has 2 fully saturated rings. The number of anilines is 1. The average Bonchev–Trinajstić information content (AvgIpc) is 3.11. The Bertz CT molecular complexity index is 559. The Kier molecular flexibility index (Phi) is 4.94. The van der Waals surface area contributed by atoms with Crippen LogP contribution in [0.3, 0.4) is 0 Å². The number of carbonyl (C=O) groups is 2. The molecule has 1 aromatic rings. The molecule has 23 heavy (non-hydrogen) atoms. The van der Waals surface area contributed by atoms with Crippen molar-refractivity contribution in [3.05, 3.63) is 30.1 Å². The summed E-state index contributed by atoms with van der Waals surface area (Å²) in [6, 6.07) is 5.80. The molecule has 0 aromatic heterocycles. The van der Waals surface area contributed by atoms with Gasteiger partial charge in [-0.15, -0.1) is 0 Å². The second kappa shape index (κ2) is 7.11. The molecular formula is C18H23FN2O2. The highest BCUT2D eigenvalue weighted by molar-refractivity contribution is 5.92. The van der Waals surface area contributed by atoms with Gasteiger partial charge in [0.25, 0.3) is 0 Å². The van der Waals surface area contributed by atoms with Crippen LogP contribution < -0.4 is 5.32 Å². The van der Waals surface area contributed by atoms with Crippen molar-refractivity contribution in [1.82, 2.24) is 4.90 Å². The van der Waals surface area contributed by atoms with E-state index in [2.05, 4.69) is 5.32 Å². The van der Waals surface area contributed by atoms with Crippen LogP contribution in [0, 0.1) is 17.7 Å². The quantitative estimate of drug-likeness (QED) is 0.930. The zero-order valence-electron chi connectivity index (χ0n) is 13.3. The average molecular weight is 318 g/mol. The first-order valence-electron chi connectivity index (χ1n) is 8.49. The predicted molar refractivity (Wildman–Crippen MR) is 86.3 cm³/mol. The van der Waals surface area contributed by atoms with Gasteiger partial charge in [-0.1, -0.05) is 0 Å². The second-order valence-electron chi connectivity index (χ2n) is 6.58. The summed E-state index contributed by atoms with van der Waals surface area (Å²) in [6.45, 7) is 1.79. The van der Waals surface area contributed by atoms with Crippen LogP contribution in [0.2, 0.25) is 0 Å². The Morgan fingerprint density at radius 3 is 2.13 bits per heavy atom. The van der Waals surface area contributed by atoms with Gasteiger partial charge in [0.2, 0.25) is 11.8 Å². The van der Waals surface area contributed by atoms with Crippen molar-refractivity contribution in [2.75, 3.05) is 18.4 Å². The molecule has 124 valence electrons. The fourth-order valence-corrected chi connectivity index (χ4v) is 3.58. The Balaban J connectivity index is 1.49. The van der Waals surface area contributed by atoms with Crippen molar-refractivity contribution < 1.29 is 14.0 Å². The lowest BCUT2D eigenvalue weighted by Crippen LogP contribution is -2.37. The minimum atomic E-state index is -0.316. The fourth-order valence-electron chi connectivity index (χ4n) is 3.58. The number of carbonyl (C=O) groups excluding carboxylic acids is 2. The van der Waals surface area contributed by atoms with Crippen LogP contribution in [-0.4, -0.2) is 29.8 Å². The number of rotatable bonds is 3. The molecule has 3 rings (SSSR count). The molecule has 1 N–H and O–H groups in total. The molecule has 1 saturated carbocycles. The third-order valence-corrected chi connectivity index (χ3v) is 4.98. The van der Waals surface area contributed by atoms with Crippen molar-refractivity contribution >= 4 is 17.5 Å². The number of likely N-dealkylation sites (tertiary alicyclic amines) is 1. The lowest BCUT2D eigenvalue weighted by molar-refractivity contribution is -0.136. The van der Waals surface area contributed by atoms with Gasteiger partial charge in [0.05, 0.1) is 0 Å². The van der Waals surface area contributed by atoms with Gasteiger partial charge < -0.3 is 10.2 Å². The third kappa shape index (κ3) is 3.89. The first kappa shape index (κ1) is 16.0. The molecule has 2 aliphatic rings. The van der Waals surface area contributed by atoms with Gasteiger partial charge in [0, 0.05) is 30.6 Å². The van der Waals surface area contributed by atoms with Gasteiger partial charge in [-0.05, 0) is 62.8 Å². The van der Waals surface area contributed by atoms with Crippen molar-refractivity contribution in [1.29, 1.82) is 0 Å². The molecule has 1 aromatic carbocycles. The smallest absolute Gasteiger partial charge is 0.227 e. The normalized spacial score (nSPS) is 24.5. The van der Waals surface area contributed by atoms with E-state index in [1.807, 2.05) is 4.90 Å². The maximum atomic E-state index is 12.9. The molecule has 5 heteroatoms. The molecule has 0 spiro atoms. The van der Waals surface area contributed by atoms with Crippen LogP contribution in [-0.2, 0) is 9.59 Å². The standard InChI is InChI=1S/C18H23FN2O2/c19-15-7-9-16(10-8-15)20-17(22)13-3-5-14(6-4-13)18(23)21-11-1-2-12-21/h7-10,13-14H,1-6,11-12H2,(H,20,22). The number of hydrogen-bond acceptors (Lipinski definition) is 2. The van der Waals surface area contributed by atoms with E-state index in [9.17, 15) is 14.0 Å². The lowest BCUT2D eigenvalue weighted by Gasteiger charge is -2.29. The minimum Gasteiger partial charge on any atom is -0.342 e. The third-order valence-electron chi connectivity index (χ3n) is 4.98. The van der Waals surface area contributed by atoms with Crippen molar-refractivity contribution in [2.45, 2.75) is 38.5 Å². The molecule has 0 bridgehead atoms. The molecule has 0 unspecified atom stereocenters. The zero-order valence-corrected chi connectivity index (χ0v) is 13.3. The topological polar surface area (TPSA) is 49.4 Å². The van der Waals surface area contributed by atoms with Crippen molar-refractivity contribution in [3.8, 4) is 0 Å². The number of nitrogens with one attached hydrogen (secondary N) is 1. The molecule has 4 nitrogen and oxygen atoms in total. The highest BCUT2D eigenvalue weighted by Crippen LogP contribution is 2.31. The van der Waals surface area contributed by atoms with Gasteiger partial charge in [0.1, 0.15) is 5.82 Å². The van der Waals surface area contributed by atoms with Crippen LogP contribution in [0.4, 0.5) is 10.1 Å². The summed E-state index contributed by atoms with van der Waals surface area (Å²) in [5.74, 6) is -0.0295. The van der Waals surface area contributed by atoms with Crippen LogP contribution in [0.25, 0.3) is 0 Å². The molecular weight excluding hydrogens is 295 g/mol. The molecule has 2 amide bonds. The highest BCUT2D eigenvalue weighted by Gasteiger charge is 2.32. The van der Waals surface area contributed by atoms with E-state index in [4.69, 9.17) is 0 Å². The zero-order chi connectivity index (χ0) is 16.2. The molecule has 1 aliphatic carbocycles. The largest absolute Gasteiger partial charge is 0.342 e. The van der Waals surface area contributed by atoms with Gasteiger partial charge in [-0.2, -0.15) is 0 Å². The molecule has 1 saturated heterocycles. The number of benzene rings is 1. The Morgan fingerprint density at radius 2 is 1.52 bits per heavy atom. The maximum absolute atomic E-state index is 12.9. The number of halogens is 1. The van der Waals surface area contributed by atoms with Crippen molar-refractivity contribution in [3.63, 3.8) is 0 Å². The minimum absolute atomic E-state index is 0.0244. The van der Waals surface area contributed by atoms with Gasteiger partial charge in [0.15, 0.2) is 0 Å². The van der Waals surface area contributed by atoms with Gasteiger partial charge in [-0.25, -0.2) is 4.39 Å². The summed E-state index contributed by atoms with van der Waals surface area (Å²) in [6.07, 6.45) is 5.30. The summed E-state index contributed by atoms with van der Waals surface area (Å²) >= 11 is 0. The van der Waals surface area contributed by atoms with E-state index >= 15 is 0 Å². The molecule has 0 radical (unpaired) electrons. The van der Waals surface area contributed by atoms with Crippen LogP contribution in [0.1, 0.15) is 38.5 Å². The summed E-state index contributed by atoms with van der Waals surface area (Å²) < 4.78 is 12.9. The summed E-state index contributed by atoms with van der Waals surface area (Å²) in [4.78, 5) is 26.7. The fraction of sp³-hybridized carbons (Fsp3) is 0.556. The van der Waals surface area contributed by atoms with Gasteiger partial charge in [-0.3, -0.25) is 9.59 Å². The van der Waals surface area contributed by atoms with Crippen LogP contribution in [0.15, 0.2) is 24.3 Å². The van der Waals surface area contributed by atoms with Crippen LogP contribution >= 0.6 is 0 Å². The number of nitrogens with zero attached hydrogens (tertiary/aromatic N) is 1. The summed E-state index contributed by atoms with van der Waals surface area (Å²) in [5.41, 5.74) is 0.617. The van der Waals surface area contributed by atoms with E-state index in [-0.39, 0.29) is 29.5 Å².